The first-order chi connectivity index (χ1) is 9.93. The SMILES string of the molecule is Cc1ccc(S(=O)(=O)N2CCCCCCC2)cc1[N+](=O)[O-]. The first-order valence-corrected chi connectivity index (χ1v) is 8.62. The summed E-state index contributed by atoms with van der Waals surface area (Å²) in [6.07, 6.45) is 4.88. The molecule has 7 heteroatoms. The number of benzene rings is 1. The van der Waals surface area contributed by atoms with Gasteiger partial charge in [-0.15, -0.1) is 0 Å². The normalized spacial score (nSPS) is 18.0. The molecule has 0 aliphatic carbocycles. The van der Waals surface area contributed by atoms with Crippen LogP contribution in [-0.2, 0) is 10.0 Å². The van der Waals surface area contributed by atoms with Gasteiger partial charge in [0.05, 0.1) is 9.82 Å². The molecular weight excluding hydrogens is 292 g/mol. The number of hydrogen-bond acceptors (Lipinski definition) is 4. The van der Waals surface area contributed by atoms with Crippen molar-refractivity contribution in [2.45, 2.75) is 43.9 Å². The highest BCUT2D eigenvalue weighted by Gasteiger charge is 2.26. The molecule has 0 atom stereocenters. The molecule has 0 spiro atoms. The Morgan fingerprint density at radius 1 is 1.10 bits per heavy atom. The highest BCUT2D eigenvalue weighted by molar-refractivity contribution is 7.89. The van der Waals surface area contributed by atoms with Crippen molar-refractivity contribution in [3.63, 3.8) is 0 Å². The van der Waals surface area contributed by atoms with Crippen LogP contribution in [0, 0.1) is 17.0 Å². The van der Waals surface area contributed by atoms with Crippen LogP contribution in [0.1, 0.15) is 37.7 Å². The van der Waals surface area contributed by atoms with Gasteiger partial charge in [-0.1, -0.05) is 25.3 Å². The van der Waals surface area contributed by atoms with Gasteiger partial charge in [0.15, 0.2) is 0 Å². The molecule has 0 unspecified atom stereocenters. The van der Waals surface area contributed by atoms with Crippen molar-refractivity contribution < 1.29 is 13.3 Å². The minimum absolute atomic E-state index is 0.0142. The molecule has 1 saturated heterocycles. The van der Waals surface area contributed by atoms with Crippen molar-refractivity contribution in [2.75, 3.05) is 13.1 Å². The van der Waals surface area contributed by atoms with E-state index in [1.54, 1.807) is 6.92 Å². The third-order valence-electron chi connectivity index (χ3n) is 3.83. The summed E-state index contributed by atoms with van der Waals surface area (Å²) in [7, 11) is -3.65. The fourth-order valence-electron chi connectivity index (χ4n) is 2.55. The van der Waals surface area contributed by atoms with Gasteiger partial charge in [-0.3, -0.25) is 10.1 Å². The molecule has 0 amide bonds. The molecule has 2 rings (SSSR count). The van der Waals surface area contributed by atoms with E-state index < -0.39 is 14.9 Å². The van der Waals surface area contributed by atoms with Gasteiger partial charge in [0.2, 0.25) is 10.0 Å². The van der Waals surface area contributed by atoms with Gasteiger partial charge in [0.25, 0.3) is 5.69 Å². The molecule has 1 aromatic carbocycles. The largest absolute Gasteiger partial charge is 0.273 e. The summed E-state index contributed by atoms with van der Waals surface area (Å²) in [5.74, 6) is 0. The van der Waals surface area contributed by atoms with Crippen LogP contribution in [0.4, 0.5) is 5.69 Å². The minimum atomic E-state index is -3.65. The lowest BCUT2D eigenvalue weighted by Crippen LogP contribution is -2.33. The number of rotatable bonds is 3. The van der Waals surface area contributed by atoms with Crippen LogP contribution >= 0.6 is 0 Å². The third-order valence-corrected chi connectivity index (χ3v) is 5.72. The Bertz CT molecular complexity index is 620. The van der Waals surface area contributed by atoms with E-state index in [0.29, 0.717) is 18.7 Å². The van der Waals surface area contributed by atoms with Gasteiger partial charge in [0.1, 0.15) is 0 Å². The topological polar surface area (TPSA) is 80.5 Å². The van der Waals surface area contributed by atoms with Crippen LogP contribution in [0.5, 0.6) is 0 Å². The van der Waals surface area contributed by atoms with E-state index >= 15 is 0 Å². The maximum absolute atomic E-state index is 12.6. The molecule has 6 nitrogen and oxygen atoms in total. The van der Waals surface area contributed by atoms with Gasteiger partial charge in [-0.05, 0) is 25.8 Å². The van der Waals surface area contributed by atoms with Gasteiger partial charge in [0, 0.05) is 24.7 Å². The minimum Gasteiger partial charge on any atom is -0.258 e. The van der Waals surface area contributed by atoms with Crippen molar-refractivity contribution in [3.8, 4) is 0 Å². The lowest BCUT2D eigenvalue weighted by molar-refractivity contribution is -0.385. The number of nitro benzene ring substituents is 1. The number of nitro groups is 1. The number of aryl methyl sites for hydroxylation is 1. The Morgan fingerprint density at radius 2 is 1.67 bits per heavy atom. The van der Waals surface area contributed by atoms with E-state index in [1.807, 2.05) is 0 Å². The van der Waals surface area contributed by atoms with E-state index in [2.05, 4.69) is 0 Å². The van der Waals surface area contributed by atoms with E-state index in [1.165, 1.54) is 22.5 Å². The molecule has 0 bridgehead atoms. The quantitative estimate of drug-likeness (QED) is 0.635. The summed E-state index contributed by atoms with van der Waals surface area (Å²) >= 11 is 0. The smallest absolute Gasteiger partial charge is 0.258 e. The van der Waals surface area contributed by atoms with Crippen LogP contribution in [0.25, 0.3) is 0 Å². The maximum atomic E-state index is 12.6. The zero-order chi connectivity index (χ0) is 15.5. The zero-order valence-electron chi connectivity index (χ0n) is 12.1. The lowest BCUT2D eigenvalue weighted by atomic mass is 10.1. The van der Waals surface area contributed by atoms with E-state index in [-0.39, 0.29) is 10.6 Å². The van der Waals surface area contributed by atoms with Gasteiger partial charge in [-0.25, -0.2) is 8.42 Å². The Labute approximate surface area is 125 Å². The third kappa shape index (κ3) is 3.59. The standard InChI is InChI=1S/C14H20N2O4S/c1-12-7-8-13(11-14(12)16(17)18)21(19,20)15-9-5-3-2-4-6-10-15/h7-8,11H,2-6,9-10H2,1H3. The van der Waals surface area contributed by atoms with E-state index in [0.717, 1.165) is 32.1 Å². The molecule has 0 N–H and O–H groups in total. The summed E-state index contributed by atoms with van der Waals surface area (Å²) in [6.45, 7) is 2.58. The highest BCUT2D eigenvalue weighted by Crippen LogP contribution is 2.25. The number of hydrogen-bond donors (Lipinski definition) is 0. The van der Waals surface area contributed by atoms with Crippen molar-refractivity contribution in [1.82, 2.24) is 4.31 Å². The second-order valence-electron chi connectivity index (χ2n) is 5.38. The molecule has 1 aromatic rings. The molecule has 0 saturated carbocycles. The van der Waals surface area contributed by atoms with Crippen LogP contribution < -0.4 is 0 Å². The maximum Gasteiger partial charge on any atom is 0.273 e. The van der Waals surface area contributed by atoms with Crippen LogP contribution in [0.15, 0.2) is 23.1 Å². The van der Waals surface area contributed by atoms with E-state index in [9.17, 15) is 18.5 Å². The molecule has 0 aromatic heterocycles. The van der Waals surface area contributed by atoms with Crippen molar-refractivity contribution >= 4 is 15.7 Å². The van der Waals surface area contributed by atoms with Gasteiger partial charge < -0.3 is 0 Å². The van der Waals surface area contributed by atoms with Crippen LogP contribution in [0.3, 0.4) is 0 Å². The Morgan fingerprint density at radius 3 is 2.24 bits per heavy atom. The molecule has 0 radical (unpaired) electrons. The highest BCUT2D eigenvalue weighted by atomic mass is 32.2. The number of sulfonamides is 1. The monoisotopic (exact) mass is 312 g/mol. The Balaban J connectivity index is 2.34. The fourth-order valence-corrected chi connectivity index (χ4v) is 4.09. The molecule has 1 fully saturated rings. The molecule has 1 aliphatic rings. The van der Waals surface area contributed by atoms with Crippen molar-refractivity contribution in [2.24, 2.45) is 0 Å². The Hall–Kier alpha value is -1.47. The van der Waals surface area contributed by atoms with E-state index in [4.69, 9.17) is 0 Å². The lowest BCUT2D eigenvalue weighted by Gasteiger charge is -2.24. The second kappa shape index (κ2) is 6.53. The predicted molar refractivity (Wildman–Crippen MR) is 79.7 cm³/mol. The molecule has 116 valence electrons. The van der Waals surface area contributed by atoms with Crippen molar-refractivity contribution in [1.29, 1.82) is 0 Å². The molecule has 21 heavy (non-hydrogen) atoms. The average Bonchev–Trinajstić information content (AvgIpc) is 2.37. The second-order valence-corrected chi connectivity index (χ2v) is 7.32. The summed E-state index contributed by atoms with van der Waals surface area (Å²) in [4.78, 5) is 10.4. The van der Waals surface area contributed by atoms with Gasteiger partial charge in [-0.2, -0.15) is 4.31 Å². The predicted octanol–water partition coefficient (Wildman–Crippen LogP) is 2.86. The molecule has 1 aliphatic heterocycles. The summed E-state index contributed by atoms with van der Waals surface area (Å²) in [5, 5.41) is 11.0. The molecular formula is C14H20N2O4S. The van der Waals surface area contributed by atoms with Crippen molar-refractivity contribution in [3.05, 3.63) is 33.9 Å². The summed E-state index contributed by atoms with van der Waals surface area (Å²) in [6, 6.07) is 4.12. The average molecular weight is 312 g/mol. The summed E-state index contributed by atoms with van der Waals surface area (Å²) < 4.78 is 26.7. The Kier molecular flexibility index (Phi) is 4.95. The van der Waals surface area contributed by atoms with Crippen LogP contribution in [0.2, 0.25) is 0 Å². The first-order valence-electron chi connectivity index (χ1n) is 7.18. The van der Waals surface area contributed by atoms with Crippen LogP contribution in [-0.4, -0.2) is 30.7 Å². The zero-order valence-corrected chi connectivity index (χ0v) is 12.9. The fraction of sp³-hybridized carbons (Fsp3) is 0.571. The molecule has 1 heterocycles. The number of nitrogens with zero attached hydrogens (tertiary/aromatic N) is 2. The summed E-state index contributed by atoms with van der Waals surface area (Å²) in [5.41, 5.74) is 0.315. The first kappa shape index (κ1) is 15.9. The van der Waals surface area contributed by atoms with Gasteiger partial charge >= 0.3 is 0 Å².